The van der Waals surface area contributed by atoms with Crippen LogP contribution in [0.1, 0.15) is 6.92 Å². The first kappa shape index (κ1) is 11.3. The summed E-state index contributed by atoms with van der Waals surface area (Å²) in [5.41, 5.74) is 0. The van der Waals surface area contributed by atoms with Crippen LogP contribution in [0.25, 0.3) is 0 Å². The zero-order valence-corrected chi connectivity index (χ0v) is 6.22. The molecule has 0 amide bonds. The maximum absolute atomic E-state index is 10.2. The Morgan fingerprint density at radius 3 is 2.22 bits per heavy atom. The summed E-state index contributed by atoms with van der Waals surface area (Å²) in [5.74, 6) is -0.582. The second-order valence-electron chi connectivity index (χ2n) is 1.31. The zero-order valence-electron chi connectivity index (χ0n) is 5.17. The predicted octanol–water partition coefficient (Wildman–Crippen LogP) is 0.619. The summed E-state index contributed by atoms with van der Waals surface area (Å²) in [5, 5.41) is 8.41. The number of methoxy groups -OCH3 is 1. The van der Waals surface area contributed by atoms with Gasteiger partial charge in [0.05, 0.1) is 18.9 Å². The summed E-state index contributed by atoms with van der Waals surface area (Å²) in [6, 6.07) is 0. The van der Waals surface area contributed by atoms with Crippen LogP contribution in [0.3, 0.4) is 0 Å². The van der Waals surface area contributed by atoms with E-state index in [2.05, 4.69) is 4.74 Å². The van der Waals surface area contributed by atoms with Crippen molar-refractivity contribution in [1.82, 2.24) is 0 Å². The van der Waals surface area contributed by atoms with Gasteiger partial charge in [-0.1, -0.05) is 0 Å². The Morgan fingerprint density at radius 1 is 1.67 bits per heavy atom. The molecule has 0 aromatic rings. The number of hydrogen-bond acceptors (Lipinski definition) is 3. The smallest absolute Gasteiger partial charge is 0.333 e. The van der Waals surface area contributed by atoms with Crippen molar-refractivity contribution in [2.24, 2.45) is 0 Å². The first-order valence-electron chi connectivity index (χ1n) is 2.12. The summed E-state index contributed by atoms with van der Waals surface area (Å²) >= 11 is 0. The van der Waals surface area contributed by atoms with Gasteiger partial charge >= 0.3 is 5.97 Å². The topological polar surface area (TPSA) is 46.5 Å². The first-order valence-corrected chi connectivity index (χ1v) is 2.12. The Kier molecular flexibility index (Phi) is 7.11. The molecule has 55 valence electrons. The maximum atomic E-state index is 10.2. The fourth-order valence-electron chi connectivity index (χ4n) is 0.229. The molecular formula is C5H8CoO3. The molecule has 0 fully saturated rings. The largest absolute Gasteiger partial charge is 0.512 e. The molecule has 1 radical (unpaired) electrons. The normalized spacial score (nSPS) is 9.78. The Morgan fingerprint density at radius 2 is 2.11 bits per heavy atom. The Bertz CT molecular complexity index is 115. The standard InChI is InChI=1S/C5H8O3.Co/c1-4(6)3-5(7)8-2;/h3,6H,1-2H3;/b4-3-;. The molecule has 0 aromatic heterocycles. The molecule has 0 aromatic carbocycles. The number of hydrogen-bond donors (Lipinski definition) is 1. The van der Waals surface area contributed by atoms with E-state index < -0.39 is 5.97 Å². The summed E-state index contributed by atoms with van der Waals surface area (Å²) in [7, 11) is 1.25. The summed E-state index contributed by atoms with van der Waals surface area (Å²) in [4.78, 5) is 10.2. The zero-order chi connectivity index (χ0) is 6.57. The van der Waals surface area contributed by atoms with Crippen molar-refractivity contribution in [3.63, 3.8) is 0 Å². The van der Waals surface area contributed by atoms with Crippen LogP contribution in [-0.4, -0.2) is 18.2 Å². The number of carbonyl (C=O) groups excluding carboxylic acids is 1. The molecule has 9 heavy (non-hydrogen) atoms. The molecule has 0 heterocycles. The molecule has 0 aliphatic rings. The molecule has 3 nitrogen and oxygen atoms in total. The van der Waals surface area contributed by atoms with Crippen LogP contribution >= 0.6 is 0 Å². The fraction of sp³-hybridized carbons (Fsp3) is 0.400. The van der Waals surface area contributed by atoms with Crippen molar-refractivity contribution in [3.05, 3.63) is 11.8 Å². The minimum Gasteiger partial charge on any atom is -0.512 e. The van der Waals surface area contributed by atoms with E-state index in [0.717, 1.165) is 6.08 Å². The van der Waals surface area contributed by atoms with Crippen molar-refractivity contribution in [2.75, 3.05) is 7.11 Å². The van der Waals surface area contributed by atoms with Gasteiger partial charge in [-0.05, 0) is 6.92 Å². The number of aliphatic hydroxyl groups is 1. The molecule has 4 heteroatoms. The van der Waals surface area contributed by atoms with Crippen LogP contribution in [0.4, 0.5) is 0 Å². The van der Waals surface area contributed by atoms with E-state index in [4.69, 9.17) is 5.11 Å². The van der Waals surface area contributed by atoms with E-state index in [-0.39, 0.29) is 22.5 Å². The van der Waals surface area contributed by atoms with E-state index in [9.17, 15) is 4.79 Å². The van der Waals surface area contributed by atoms with Gasteiger partial charge in [-0.3, -0.25) is 0 Å². The van der Waals surface area contributed by atoms with Crippen molar-refractivity contribution in [3.8, 4) is 0 Å². The summed E-state index contributed by atoms with van der Waals surface area (Å²) in [6.45, 7) is 1.40. The van der Waals surface area contributed by atoms with Crippen LogP contribution < -0.4 is 0 Å². The van der Waals surface area contributed by atoms with Crippen molar-refractivity contribution < 1.29 is 31.4 Å². The molecular weight excluding hydrogens is 167 g/mol. The number of esters is 1. The van der Waals surface area contributed by atoms with Crippen molar-refractivity contribution in [2.45, 2.75) is 6.92 Å². The van der Waals surface area contributed by atoms with E-state index in [0.29, 0.717) is 0 Å². The van der Waals surface area contributed by atoms with E-state index in [1.165, 1.54) is 14.0 Å². The van der Waals surface area contributed by atoms with Gasteiger partial charge in [-0.15, -0.1) is 0 Å². The average Bonchev–Trinajstić information content (AvgIpc) is 1.65. The third-order valence-electron chi connectivity index (χ3n) is 0.528. The van der Waals surface area contributed by atoms with Crippen LogP contribution in [0.15, 0.2) is 11.8 Å². The monoisotopic (exact) mass is 175 g/mol. The summed E-state index contributed by atoms with van der Waals surface area (Å²) in [6.07, 6.45) is 1.00. The van der Waals surface area contributed by atoms with Gasteiger partial charge in [0.2, 0.25) is 0 Å². The van der Waals surface area contributed by atoms with Crippen LogP contribution in [0.2, 0.25) is 0 Å². The van der Waals surface area contributed by atoms with E-state index in [1.54, 1.807) is 0 Å². The summed E-state index contributed by atoms with van der Waals surface area (Å²) < 4.78 is 4.19. The molecule has 0 rings (SSSR count). The first-order chi connectivity index (χ1) is 3.66. The van der Waals surface area contributed by atoms with Gasteiger partial charge in [0, 0.05) is 16.8 Å². The van der Waals surface area contributed by atoms with Gasteiger partial charge in [0.15, 0.2) is 0 Å². The SMILES string of the molecule is COC(=O)/C=C(/C)O.[Co]. The number of ether oxygens (including phenoxy) is 1. The van der Waals surface area contributed by atoms with Gasteiger partial charge in [0.1, 0.15) is 0 Å². The molecule has 0 saturated heterocycles. The molecule has 0 aliphatic carbocycles. The second-order valence-corrected chi connectivity index (χ2v) is 1.31. The van der Waals surface area contributed by atoms with Crippen LogP contribution in [0, 0.1) is 0 Å². The molecule has 1 N–H and O–H groups in total. The van der Waals surface area contributed by atoms with Gasteiger partial charge in [-0.25, -0.2) is 4.79 Å². The van der Waals surface area contributed by atoms with Gasteiger partial charge < -0.3 is 9.84 Å². The van der Waals surface area contributed by atoms with Crippen LogP contribution in [0.5, 0.6) is 0 Å². The van der Waals surface area contributed by atoms with E-state index >= 15 is 0 Å². The number of carbonyl (C=O) groups is 1. The number of rotatable bonds is 1. The molecule has 0 spiro atoms. The van der Waals surface area contributed by atoms with Crippen LogP contribution in [-0.2, 0) is 26.3 Å². The van der Waals surface area contributed by atoms with Gasteiger partial charge in [0.25, 0.3) is 0 Å². The fourth-order valence-corrected chi connectivity index (χ4v) is 0.229. The molecule has 0 bridgehead atoms. The molecule has 0 atom stereocenters. The van der Waals surface area contributed by atoms with E-state index in [1.807, 2.05) is 0 Å². The average molecular weight is 175 g/mol. The van der Waals surface area contributed by atoms with Crippen molar-refractivity contribution >= 4 is 5.97 Å². The quantitative estimate of drug-likeness (QED) is 0.361. The molecule has 0 unspecified atom stereocenters. The third-order valence-corrected chi connectivity index (χ3v) is 0.528. The predicted molar refractivity (Wildman–Crippen MR) is 28.4 cm³/mol. The Balaban J connectivity index is 0. The molecule has 0 aliphatic heterocycles. The van der Waals surface area contributed by atoms with Crippen molar-refractivity contribution in [1.29, 1.82) is 0 Å². The Hall–Kier alpha value is -0.484. The minimum atomic E-state index is -0.537. The Labute approximate surface area is 63.9 Å². The second kappa shape index (κ2) is 5.65. The molecule has 0 saturated carbocycles. The third kappa shape index (κ3) is 7.52. The number of aliphatic hydroxyl groups excluding tert-OH is 1. The maximum Gasteiger partial charge on any atom is 0.333 e. The minimum absolute atomic E-state index is 0. The number of allylic oxidation sites excluding steroid dienone is 1. The van der Waals surface area contributed by atoms with Gasteiger partial charge in [-0.2, -0.15) is 0 Å².